The summed E-state index contributed by atoms with van der Waals surface area (Å²) in [6.45, 7) is -1.41. The summed E-state index contributed by atoms with van der Waals surface area (Å²) in [6.07, 6.45) is -4.36. The zero-order valence-corrected chi connectivity index (χ0v) is 7.00. The van der Waals surface area contributed by atoms with Gasteiger partial charge in [0.1, 0.15) is 0 Å². The highest BCUT2D eigenvalue weighted by atomic mass is 19.3. The molecule has 0 N–H and O–H groups in total. The second-order valence-corrected chi connectivity index (χ2v) is 2.87. The summed E-state index contributed by atoms with van der Waals surface area (Å²) in [5, 5.41) is 0. The van der Waals surface area contributed by atoms with Crippen LogP contribution in [0.2, 0.25) is 0 Å². The molecular formula is C6H9F6N. The van der Waals surface area contributed by atoms with Crippen molar-refractivity contribution in [2.24, 2.45) is 0 Å². The van der Waals surface area contributed by atoms with Crippen LogP contribution in [0.3, 0.4) is 0 Å². The SMILES string of the molecule is CN(C)CC(F)(F)C(F)(F)C(F)F. The van der Waals surface area contributed by atoms with Crippen molar-refractivity contribution < 1.29 is 26.3 Å². The molecule has 0 aromatic carbocycles. The van der Waals surface area contributed by atoms with Gasteiger partial charge in [-0.2, -0.15) is 17.6 Å². The van der Waals surface area contributed by atoms with E-state index in [1.807, 2.05) is 0 Å². The van der Waals surface area contributed by atoms with Gasteiger partial charge in [0.2, 0.25) is 0 Å². The first kappa shape index (κ1) is 12.5. The normalized spacial score (nSPS) is 14.3. The monoisotopic (exact) mass is 209 g/mol. The molecule has 0 saturated heterocycles. The van der Waals surface area contributed by atoms with Crippen molar-refractivity contribution in [1.29, 1.82) is 0 Å². The molecule has 0 aliphatic heterocycles. The second-order valence-electron chi connectivity index (χ2n) is 2.87. The van der Waals surface area contributed by atoms with Crippen LogP contribution in [-0.2, 0) is 0 Å². The minimum absolute atomic E-state index is 0.719. The Bertz CT molecular complexity index is 167. The number of halogens is 6. The van der Waals surface area contributed by atoms with Crippen LogP contribution in [0, 0.1) is 0 Å². The van der Waals surface area contributed by atoms with E-state index < -0.39 is 24.8 Å². The Balaban J connectivity index is 4.60. The van der Waals surface area contributed by atoms with E-state index in [4.69, 9.17) is 0 Å². The summed E-state index contributed by atoms with van der Waals surface area (Å²) < 4.78 is 72.2. The average molecular weight is 209 g/mol. The standard InChI is InChI=1S/C6H9F6N/c1-13(2)3-5(9,10)6(11,12)4(7)8/h4H,3H2,1-2H3. The van der Waals surface area contributed by atoms with Gasteiger partial charge in [-0.05, 0) is 14.1 Å². The molecule has 80 valence electrons. The molecule has 1 nitrogen and oxygen atoms in total. The van der Waals surface area contributed by atoms with Crippen LogP contribution in [-0.4, -0.2) is 43.8 Å². The Morgan fingerprint density at radius 1 is 1.08 bits per heavy atom. The zero-order chi connectivity index (χ0) is 10.9. The Hall–Kier alpha value is -0.460. The largest absolute Gasteiger partial charge is 0.370 e. The number of alkyl halides is 6. The molecule has 0 aromatic rings. The Morgan fingerprint density at radius 2 is 1.46 bits per heavy atom. The van der Waals surface area contributed by atoms with E-state index in [9.17, 15) is 26.3 Å². The highest BCUT2D eigenvalue weighted by Crippen LogP contribution is 2.39. The van der Waals surface area contributed by atoms with Crippen LogP contribution < -0.4 is 0 Å². The van der Waals surface area contributed by atoms with Gasteiger partial charge in [-0.1, -0.05) is 0 Å². The van der Waals surface area contributed by atoms with Crippen LogP contribution in [0.4, 0.5) is 26.3 Å². The summed E-state index contributed by atoms with van der Waals surface area (Å²) in [5.41, 5.74) is 0. The van der Waals surface area contributed by atoms with Crippen molar-refractivity contribution >= 4 is 0 Å². The Labute approximate surface area is 71.3 Å². The molecule has 0 amide bonds. The van der Waals surface area contributed by atoms with E-state index in [2.05, 4.69) is 0 Å². The number of hydrogen-bond acceptors (Lipinski definition) is 1. The van der Waals surface area contributed by atoms with E-state index in [0.717, 1.165) is 19.0 Å². The van der Waals surface area contributed by atoms with Gasteiger partial charge in [-0.25, -0.2) is 8.78 Å². The number of hydrogen-bond donors (Lipinski definition) is 0. The Morgan fingerprint density at radius 3 is 1.69 bits per heavy atom. The van der Waals surface area contributed by atoms with Gasteiger partial charge in [0.05, 0.1) is 6.54 Å². The van der Waals surface area contributed by atoms with Gasteiger partial charge in [0.25, 0.3) is 0 Å². The summed E-state index contributed by atoms with van der Waals surface area (Å²) in [4.78, 5) is 0.719. The molecule has 13 heavy (non-hydrogen) atoms. The van der Waals surface area contributed by atoms with Crippen molar-refractivity contribution in [2.45, 2.75) is 18.3 Å². The summed E-state index contributed by atoms with van der Waals surface area (Å²) in [6, 6.07) is 0. The third-order valence-corrected chi connectivity index (χ3v) is 1.28. The van der Waals surface area contributed by atoms with Crippen molar-refractivity contribution in [1.82, 2.24) is 4.90 Å². The predicted octanol–water partition coefficient (Wildman–Crippen LogP) is 2.08. The van der Waals surface area contributed by atoms with Crippen LogP contribution in [0.15, 0.2) is 0 Å². The highest BCUT2D eigenvalue weighted by molar-refractivity contribution is 4.88. The molecule has 0 rings (SSSR count). The molecular weight excluding hydrogens is 200 g/mol. The van der Waals surface area contributed by atoms with E-state index in [-0.39, 0.29) is 0 Å². The summed E-state index contributed by atoms with van der Waals surface area (Å²) >= 11 is 0. The lowest BCUT2D eigenvalue weighted by molar-refractivity contribution is -0.266. The minimum Gasteiger partial charge on any atom is -0.303 e. The summed E-state index contributed by atoms with van der Waals surface area (Å²) in [7, 11) is 2.19. The van der Waals surface area contributed by atoms with Gasteiger partial charge < -0.3 is 4.90 Å². The summed E-state index contributed by atoms with van der Waals surface area (Å²) in [5.74, 6) is -10.00. The quantitative estimate of drug-likeness (QED) is 0.641. The lowest BCUT2D eigenvalue weighted by Crippen LogP contribution is -2.51. The molecule has 0 aliphatic rings. The third-order valence-electron chi connectivity index (χ3n) is 1.28. The van der Waals surface area contributed by atoms with Crippen LogP contribution >= 0.6 is 0 Å². The van der Waals surface area contributed by atoms with Crippen LogP contribution in [0.1, 0.15) is 0 Å². The number of nitrogens with zero attached hydrogens (tertiary/aromatic N) is 1. The lowest BCUT2D eigenvalue weighted by Gasteiger charge is -2.27. The van der Waals surface area contributed by atoms with E-state index in [1.54, 1.807) is 0 Å². The van der Waals surface area contributed by atoms with Crippen molar-refractivity contribution in [3.05, 3.63) is 0 Å². The molecule has 0 fully saturated rings. The molecule has 0 spiro atoms. The van der Waals surface area contributed by atoms with E-state index in [0.29, 0.717) is 0 Å². The van der Waals surface area contributed by atoms with Gasteiger partial charge in [0, 0.05) is 0 Å². The lowest BCUT2D eigenvalue weighted by atomic mass is 10.1. The first-order chi connectivity index (χ1) is 5.61. The maximum atomic E-state index is 12.4. The molecule has 0 unspecified atom stereocenters. The maximum absolute atomic E-state index is 12.4. The molecule has 0 heterocycles. The average Bonchev–Trinajstić information content (AvgIpc) is 1.83. The van der Waals surface area contributed by atoms with E-state index in [1.165, 1.54) is 0 Å². The van der Waals surface area contributed by atoms with Gasteiger partial charge in [0.15, 0.2) is 0 Å². The molecule has 0 saturated carbocycles. The fourth-order valence-electron chi connectivity index (χ4n) is 0.662. The fourth-order valence-corrected chi connectivity index (χ4v) is 0.662. The smallest absolute Gasteiger partial charge is 0.303 e. The molecule has 0 radical (unpaired) electrons. The second kappa shape index (κ2) is 3.73. The van der Waals surface area contributed by atoms with Crippen molar-refractivity contribution in [2.75, 3.05) is 20.6 Å². The van der Waals surface area contributed by atoms with Crippen LogP contribution in [0.25, 0.3) is 0 Å². The highest BCUT2D eigenvalue weighted by Gasteiger charge is 2.62. The fraction of sp³-hybridized carbons (Fsp3) is 1.00. The number of rotatable bonds is 4. The van der Waals surface area contributed by atoms with Gasteiger partial charge in [-0.3, -0.25) is 0 Å². The van der Waals surface area contributed by atoms with Gasteiger partial charge in [-0.15, -0.1) is 0 Å². The van der Waals surface area contributed by atoms with E-state index >= 15 is 0 Å². The minimum atomic E-state index is -5.28. The molecule has 0 aliphatic carbocycles. The van der Waals surface area contributed by atoms with Crippen molar-refractivity contribution in [3.8, 4) is 0 Å². The molecule has 7 heteroatoms. The third kappa shape index (κ3) is 2.75. The van der Waals surface area contributed by atoms with Crippen LogP contribution in [0.5, 0.6) is 0 Å². The maximum Gasteiger partial charge on any atom is 0.370 e. The predicted molar refractivity (Wildman–Crippen MR) is 34.5 cm³/mol. The molecule has 0 aromatic heterocycles. The first-order valence-corrected chi connectivity index (χ1v) is 3.30. The Kier molecular flexibility index (Phi) is 3.60. The molecule has 0 bridgehead atoms. The first-order valence-electron chi connectivity index (χ1n) is 3.30. The zero-order valence-electron chi connectivity index (χ0n) is 7.00. The molecule has 0 atom stereocenters. The topological polar surface area (TPSA) is 3.24 Å². The van der Waals surface area contributed by atoms with Gasteiger partial charge >= 0.3 is 18.3 Å². The van der Waals surface area contributed by atoms with Crippen molar-refractivity contribution in [3.63, 3.8) is 0 Å².